The lowest BCUT2D eigenvalue weighted by Crippen LogP contribution is -2.14. The maximum Gasteiger partial charge on any atom is 0.224 e. The van der Waals surface area contributed by atoms with E-state index in [2.05, 4.69) is 44.1 Å². The summed E-state index contributed by atoms with van der Waals surface area (Å²) in [5.74, 6) is 0.532. The van der Waals surface area contributed by atoms with Crippen molar-refractivity contribution in [1.29, 1.82) is 0 Å². The predicted molar refractivity (Wildman–Crippen MR) is 82.5 cm³/mol. The maximum absolute atomic E-state index is 11.8. The molecule has 0 fully saturated rings. The quantitative estimate of drug-likeness (QED) is 0.789. The second kappa shape index (κ2) is 7.92. The molecule has 0 aromatic heterocycles. The van der Waals surface area contributed by atoms with Crippen LogP contribution in [0.4, 0.5) is 5.69 Å². The largest absolute Gasteiger partial charge is 0.330 e. The third kappa shape index (κ3) is 5.50. The van der Waals surface area contributed by atoms with Crippen molar-refractivity contribution in [3.05, 3.63) is 27.1 Å². The van der Waals surface area contributed by atoms with Gasteiger partial charge in [-0.3, -0.25) is 4.79 Å². The van der Waals surface area contributed by atoms with Crippen LogP contribution < -0.4 is 11.1 Å². The van der Waals surface area contributed by atoms with Crippen LogP contribution in [-0.2, 0) is 4.79 Å². The Kier molecular flexibility index (Phi) is 6.89. The molecule has 0 saturated carbocycles. The third-order valence-electron chi connectivity index (χ3n) is 2.73. The van der Waals surface area contributed by atoms with Gasteiger partial charge in [-0.2, -0.15) is 0 Å². The molecule has 1 aromatic carbocycles. The van der Waals surface area contributed by atoms with Gasteiger partial charge in [-0.1, -0.05) is 22.9 Å². The van der Waals surface area contributed by atoms with Gasteiger partial charge in [-0.25, -0.2) is 0 Å². The van der Waals surface area contributed by atoms with Gasteiger partial charge in [-0.05, 0) is 59.4 Å². The normalized spacial score (nSPS) is 12.2. The molecule has 1 rings (SSSR count). The number of hydrogen-bond acceptors (Lipinski definition) is 2. The van der Waals surface area contributed by atoms with E-state index in [4.69, 9.17) is 5.73 Å². The number of carbonyl (C=O) groups excluding carboxylic acids is 1. The minimum Gasteiger partial charge on any atom is -0.330 e. The standard InChI is InChI=1S/C13H18Br2N2O/c1-9(6-7-16)2-5-13(18)17-12-8-10(14)3-4-11(12)15/h3-4,8-9H,2,5-7,16H2,1H3,(H,17,18). The number of halogens is 2. The molecule has 0 bridgehead atoms. The highest BCUT2D eigenvalue weighted by molar-refractivity contribution is 9.11. The van der Waals surface area contributed by atoms with Crippen LogP contribution in [-0.4, -0.2) is 12.5 Å². The fourth-order valence-corrected chi connectivity index (χ4v) is 2.32. The highest BCUT2D eigenvalue weighted by Gasteiger charge is 2.08. The summed E-state index contributed by atoms with van der Waals surface area (Å²) in [6, 6.07) is 5.70. The zero-order chi connectivity index (χ0) is 13.5. The lowest BCUT2D eigenvalue weighted by molar-refractivity contribution is -0.116. The van der Waals surface area contributed by atoms with Gasteiger partial charge in [0.25, 0.3) is 0 Å². The third-order valence-corrected chi connectivity index (χ3v) is 3.91. The van der Waals surface area contributed by atoms with Crippen molar-refractivity contribution >= 4 is 43.5 Å². The van der Waals surface area contributed by atoms with Gasteiger partial charge in [0.05, 0.1) is 5.69 Å². The van der Waals surface area contributed by atoms with Gasteiger partial charge < -0.3 is 11.1 Å². The number of rotatable bonds is 6. The van der Waals surface area contributed by atoms with Crippen molar-refractivity contribution in [2.75, 3.05) is 11.9 Å². The number of nitrogens with one attached hydrogen (secondary N) is 1. The Morgan fingerprint density at radius 3 is 2.78 bits per heavy atom. The molecule has 0 saturated heterocycles. The number of hydrogen-bond donors (Lipinski definition) is 2. The minimum absolute atomic E-state index is 0.0395. The van der Waals surface area contributed by atoms with Crippen LogP contribution in [0.25, 0.3) is 0 Å². The first-order valence-electron chi connectivity index (χ1n) is 5.98. The van der Waals surface area contributed by atoms with Crippen LogP contribution in [0.15, 0.2) is 27.1 Å². The van der Waals surface area contributed by atoms with Crippen LogP contribution in [0.2, 0.25) is 0 Å². The van der Waals surface area contributed by atoms with E-state index in [1.54, 1.807) is 0 Å². The fraction of sp³-hybridized carbons (Fsp3) is 0.462. The summed E-state index contributed by atoms with van der Waals surface area (Å²) in [7, 11) is 0. The number of benzene rings is 1. The average molecular weight is 378 g/mol. The second-order valence-corrected chi connectivity index (χ2v) is 6.16. The van der Waals surface area contributed by atoms with Gasteiger partial charge in [0.2, 0.25) is 5.91 Å². The molecule has 0 aliphatic rings. The molecule has 0 aliphatic carbocycles. The Labute approximate surface area is 125 Å². The highest BCUT2D eigenvalue weighted by Crippen LogP contribution is 2.26. The molecule has 5 heteroatoms. The molecular formula is C13H18Br2N2O. The Morgan fingerprint density at radius 1 is 1.39 bits per heavy atom. The van der Waals surface area contributed by atoms with E-state index in [-0.39, 0.29) is 5.91 Å². The van der Waals surface area contributed by atoms with Crippen molar-refractivity contribution in [3.8, 4) is 0 Å². The van der Waals surface area contributed by atoms with Crippen LogP contribution in [0, 0.1) is 5.92 Å². The summed E-state index contributed by atoms with van der Waals surface area (Å²) in [4.78, 5) is 11.8. The lowest BCUT2D eigenvalue weighted by Gasteiger charge is -2.11. The van der Waals surface area contributed by atoms with Crippen molar-refractivity contribution in [1.82, 2.24) is 0 Å². The van der Waals surface area contributed by atoms with Gasteiger partial charge >= 0.3 is 0 Å². The molecule has 0 aliphatic heterocycles. The topological polar surface area (TPSA) is 55.1 Å². The van der Waals surface area contributed by atoms with Crippen LogP contribution in [0.3, 0.4) is 0 Å². The molecule has 0 heterocycles. The Bertz CT molecular complexity index is 410. The van der Waals surface area contributed by atoms with Crippen molar-refractivity contribution < 1.29 is 4.79 Å². The second-order valence-electron chi connectivity index (χ2n) is 4.39. The van der Waals surface area contributed by atoms with E-state index >= 15 is 0 Å². The van der Waals surface area contributed by atoms with Crippen LogP contribution in [0.5, 0.6) is 0 Å². The van der Waals surface area contributed by atoms with Crippen molar-refractivity contribution in [2.24, 2.45) is 11.7 Å². The first-order chi connectivity index (χ1) is 8.52. The Balaban J connectivity index is 2.47. The number of nitrogens with two attached hydrogens (primary N) is 1. The number of carbonyl (C=O) groups is 1. The van der Waals surface area contributed by atoms with E-state index < -0.39 is 0 Å². The van der Waals surface area contributed by atoms with E-state index in [0.717, 1.165) is 27.5 Å². The smallest absolute Gasteiger partial charge is 0.224 e. The molecule has 0 spiro atoms. The van der Waals surface area contributed by atoms with Crippen LogP contribution in [0.1, 0.15) is 26.2 Å². The number of amides is 1. The van der Waals surface area contributed by atoms with E-state index in [0.29, 0.717) is 18.9 Å². The maximum atomic E-state index is 11.8. The van der Waals surface area contributed by atoms with Gasteiger partial charge in [0.15, 0.2) is 0 Å². The zero-order valence-corrected chi connectivity index (χ0v) is 13.6. The molecule has 0 radical (unpaired) electrons. The van der Waals surface area contributed by atoms with E-state index in [1.807, 2.05) is 18.2 Å². The highest BCUT2D eigenvalue weighted by atomic mass is 79.9. The molecule has 3 N–H and O–H groups in total. The molecule has 18 heavy (non-hydrogen) atoms. The average Bonchev–Trinajstić information content (AvgIpc) is 2.32. The summed E-state index contributed by atoms with van der Waals surface area (Å²) < 4.78 is 1.83. The Morgan fingerprint density at radius 2 is 2.11 bits per heavy atom. The molecule has 3 nitrogen and oxygen atoms in total. The van der Waals surface area contributed by atoms with Crippen molar-refractivity contribution in [3.63, 3.8) is 0 Å². The van der Waals surface area contributed by atoms with Gasteiger partial charge in [-0.15, -0.1) is 0 Å². The first-order valence-corrected chi connectivity index (χ1v) is 7.56. The van der Waals surface area contributed by atoms with E-state index in [1.165, 1.54) is 0 Å². The monoisotopic (exact) mass is 376 g/mol. The van der Waals surface area contributed by atoms with Crippen molar-refractivity contribution in [2.45, 2.75) is 26.2 Å². The van der Waals surface area contributed by atoms with Gasteiger partial charge in [0, 0.05) is 15.4 Å². The molecule has 100 valence electrons. The van der Waals surface area contributed by atoms with Crippen LogP contribution >= 0.6 is 31.9 Å². The zero-order valence-electron chi connectivity index (χ0n) is 10.4. The summed E-state index contributed by atoms with van der Waals surface area (Å²) in [6.45, 7) is 2.80. The molecular weight excluding hydrogens is 360 g/mol. The Hall–Kier alpha value is -0.390. The summed E-state index contributed by atoms with van der Waals surface area (Å²) in [6.07, 6.45) is 2.36. The first kappa shape index (κ1) is 15.7. The molecule has 1 amide bonds. The molecule has 1 aromatic rings. The fourth-order valence-electron chi connectivity index (χ4n) is 1.61. The number of anilines is 1. The SMILES string of the molecule is CC(CCN)CCC(=O)Nc1cc(Br)ccc1Br. The summed E-state index contributed by atoms with van der Waals surface area (Å²) in [5, 5.41) is 2.90. The van der Waals surface area contributed by atoms with E-state index in [9.17, 15) is 4.79 Å². The summed E-state index contributed by atoms with van der Waals surface area (Å²) >= 11 is 6.79. The van der Waals surface area contributed by atoms with Gasteiger partial charge in [0.1, 0.15) is 0 Å². The minimum atomic E-state index is 0.0395. The lowest BCUT2D eigenvalue weighted by atomic mass is 10.0. The molecule has 1 unspecified atom stereocenters. The predicted octanol–water partition coefficient (Wildman–Crippen LogP) is 3.92. The molecule has 1 atom stereocenters. The summed E-state index contributed by atoms with van der Waals surface area (Å²) in [5.41, 5.74) is 6.28.